The summed E-state index contributed by atoms with van der Waals surface area (Å²) in [5.74, 6) is 0.955. The van der Waals surface area contributed by atoms with Gasteiger partial charge in [-0.3, -0.25) is 4.99 Å². The summed E-state index contributed by atoms with van der Waals surface area (Å²) in [4.78, 5) is 6.90. The summed E-state index contributed by atoms with van der Waals surface area (Å²) in [5, 5.41) is 7.03. The fraction of sp³-hybridized carbons (Fsp3) is 0.944. The number of nitrogens with zero attached hydrogens (tertiary/aromatic N) is 2. The van der Waals surface area contributed by atoms with Gasteiger partial charge in [0.1, 0.15) is 0 Å². The third kappa shape index (κ3) is 9.82. The lowest BCUT2D eigenvalue weighted by molar-refractivity contribution is 0.155. The Bertz CT molecular complexity index is 330. The lowest BCUT2D eigenvalue weighted by Gasteiger charge is -2.33. The first-order valence-electron chi connectivity index (χ1n) is 9.13. The molecule has 0 spiro atoms. The fourth-order valence-corrected chi connectivity index (χ4v) is 2.95. The second kappa shape index (κ2) is 10.9. The molecule has 136 valence electrons. The maximum atomic E-state index is 5.13. The van der Waals surface area contributed by atoms with Gasteiger partial charge in [0.25, 0.3) is 0 Å². The van der Waals surface area contributed by atoms with Gasteiger partial charge in [-0.15, -0.1) is 0 Å². The lowest BCUT2D eigenvalue weighted by atomic mass is 9.91. The van der Waals surface area contributed by atoms with Crippen molar-refractivity contribution in [3.63, 3.8) is 0 Å². The van der Waals surface area contributed by atoms with E-state index in [9.17, 15) is 0 Å². The van der Waals surface area contributed by atoms with E-state index in [4.69, 9.17) is 4.74 Å². The zero-order valence-electron chi connectivity index (χ0n) is 16.0. The number of hydrogen-bond donors (Lipinski definition) is 2. The summed E-state index contributed by atoms with van der Waals surface area (Å²) in [6.45, 7) is 12.2. The molecule has 5 nitrogen and oxygen atoms in total. The number of ether oxygens (including phenoxy) is 1. The van der Waals surface area contributed by atoms with E-state index < -0.39 is 0 Å². The minimum absolute atomic E-state index is 0.411. The van der Waals surface area contributed by atoms with Crippen LogP contribution in [0.1, 0.15) is 52.9 Å². The summed E-state index contributed by atoms with van der Waals surface area (Å²) in [5.41, 5.74) is 0.411. The van der Waals surface area contributed by atoms with Crippen LogP contribution in [0.5, 0.6) is 0 Å². The molecule has 5 heteroatoms. The molecule has 0 aromatic rings. The third-order valence-electron chi connectivity index (χ3n) is 4.37. The van der Waals surface area contributed by atoms with Crippen LogP contribution in [-0.4, -0.2) is 63.8 Å². The average Bonchev–Trinajstić information content (AvgIpc) is 2.51. The Morgan fingerprint density at radius 3 is 2.48 bits per heavy atom. The van der Waals surface area contributed by atoms with Crippen LogP contribution in [-0.2, 0) is 4.74 Å². The minimum atomic E-state index is 0.411. The summed E-state index contributed by atoms with van der Waals surface area (Å²) >= 11 is 0. The molecule has 1 heterocycles. The van der Waals surface area contributed by atoms with Crippen LogP contribution in [0.25, 0.3) is 0 Å². The zero-order chi connectivity index (χ0) is 17.1. The van der Waals surface area contributed by atoms with E-state index >= 15 is 0 Å². The molecule has 2 N–H and O–H groups in total. The van der Waals surface area contributed by atoms with Crippen molar-refractivity contribution in [2.45, 2.75) is 58.9 Å². The Hall–Kier alpha value is -0.810. The van der Waals surface area contributed by atoms with Crippen molar-refractivity contribution in [1.82, 2.24) is 15.5 Å². The molecule has 1 saturated heterocycles. The van der Waals surface area contributed by atoms with Gasteiger partial charge < -0.3 is 20.3 Å². The number of likely N-dealkylation sites (tertiary alicyclic amines) is 1. The SMILES string of the molecule is CN=C(NCCCC(C)(C)C)NC1CCN(CCCOC)CC1. The lowest BCUT2D eigenvalue weighted by Crippen LogP contribution is -2.49. The Balaban J connectivity index is 2.17. The number of piperidine rings is 1. The normalized spacial score (nSPS) is 18.2. The number of aliphatic imine (C=N–C) groups is 1. The van der Waals surface area contributed by atoms with Crippen LogP contribution in [0.2, 0.25) is 0 Å². The van der Waals surface area contributed by atoms with Crippen molar-refractivity contribution in [2.75, 3.05) is 46.9 Å². The van der Waals surface area contributed by atoms with Crippen LogP contribution in [0, 0.1) is 5.41 Å². The van der Waals surface area contributed by atoms with Crippen LogP contribution in [0.4, 0.5) is 0 Å². The second-order valence-corrected chi connectivity index (χ2v) is 7.77. The van der Waals surface area contributed by atoms with Crippen LogP contribution in [0.15, 0.2) is 4.99 Å². The van der Waals surface area contributed by atoms with E-state index in [0.29, 0.717) is 11.5 Å². The largest absolute Gasteiger partial charge is 0.385 e. The standard InChI is InChI=1S/C18H38N4O/c1-18(2,3)10-6-11-20-17(19-4)21-16-8-13-22(14-9-16)12-7-15-23-5/h16H,6-15H2,1-5H3,(H2,19,20,21). The zero-order valence-corrected chi connectivity index (χ0v) is 16.0. The monoisotopic (exact) mass is 326 g/mol. The molecule has 1 rings (SSSR count). The Morgan fingerprint density at radius 2 is 1.91 bits per heavy atom. The van der Waals surface area contributed by atoms with E-state index in [0.717, 1.165) is 32.1 Å². The number of methoxy groups -OCH3 is 1. The predicted octanol–water partition coefficient (Wildman–Crippen LogP) is 2.48. The van der Waals surface area contributed by atoms with Crippen LogP contribution >= 0.6 is 0 Å². The van der Waals surface area contributed by atoms with E-state index in [1.54, 1.807) is 7.11 Å². The Labute approximate surface area is 143 Å². The van der Waals surface area contributed by atoms with E-state index in [2.05, 4.69) is 41.3 Å². The van der Waals surface area contributed by atoms with Crippen molar-refractivity contribution >= 4 is 5.96 Å². The minimum Gasteiger partial charge on any atom is -0.385 e. The maximum absolute atomic E-state index is 5.13. The number of hydrogen-bond acceptors (Lipinski definition) is 3. The topological polar surface area (TPSA) is 48.9 Å². The summed E-state index contributed by atoms with van der Waals surface area (Å²) in [7, 11) is 3.63. The number of nitrogens with one attached hydrogen (secondary N) is 2. The molecule has 1 aliphatic heterocycles. The van der Waals surface area contributed by atoms with Crippen molar-refractivity contribution in [3.8, 4) is 0 Å². The highest BCUT2D eigenvalue weighted by atomic mass is 16.5. The molecular formula is C18H38N4O. The van der Waals surface area contributed by atoms with Gasteiger partial charge in [-0.2, -0.15) is 0 Å². The van der Waals surface area contributed by atoms with E-state index in [1.165, 1.54) is 38.8 Å². The van der Waals surface area contributed by atoms with E-state index in [-0.39, 0.29) is 0 Å². The molecule has 1 fully saturated rings. The molecule has 0 unspecified atom stereocenters. The quantitative estimate of drug-likeness (QED) is 0.409. The highest BCUT2D eigenvalue weighted by molar-refractivity contribution is 5.79. The first-order chi connectivity index (χ1) is 10.9. The smallest absolute Gasteiger partial charge is 0.191 e. The first-order valence-corrected chi connectivity index (χ1v) is 9.13. The molecule has 0 aliphatic carbocycles. The third-order valence-corrected chi connectivity index (χ3v) is 4.37. The van der Waals surface area contributed by atoms with Gasteiger partial charge >= 0.3 is 0 Å². The van der Waals surface area contributed by atoms with Gasteiger partial charge in [-0.05, 0) is 37.5 Å². The average molecular weight is 327 g/mol. The number of rotatable bonds is 8. The Kier molecular flexibility index (Phi) is 9.56. The Morgan fingerprint density at radius 1 is 1.22 bits per heavy atom. The maximum Gasteiger partial charge on any atom is 0.191 e. The van der Waals surface area contributed by atoms with Gasteiger partial charge in [0.2, 0.25) is 0 Å². The van der Waals surface area contributed by atoms with Crippen LogP contribution in [0.3, 0.4) is 0 Å². The van der Waals surface area contributed by atoms with Gasteiger partial charge in [0, 0.05) is 53.0 Å². The molecule has 0 radical (unpaired) electrons. The predicted molar refractivity (Wildman–Crippen MR) is 99.1 cm³/mol. The fourth-order valence-electron chi connectivity index (χ4n) is 2.95. The van der Waals surface area contributed by atoms with E-state index in [1.807, 2.05) is 7.05 Å². The van der Waals surface area contributed by atoms with Gasteiger partial charge in [-0.25, -0.2) is 0 Å². The molecule has 23 heavy (non-hydrogen) atoms. The molecule has 0 bridgehead atoms. The highest BCUT2D eigenvalue weighted by Crippen LogP contribution is 2.19. The summed E-state index contributed by atoms with van der Waals surface area (Å²) in [6.07, 6.45) is 5.93. The summed E-state index contributed by atoms with van der Waals surface area (Å²) < 4.78 is 5.13. The molecule has 1 aliphatic rings. The van der Waals surface area contributed by atoms with Gasteiger partial charge in [0.15, 0.2) is 5.96 Å². The number of guanidine groups is 1. The van der Waals surface area contributed by atoms with Crippen molar-refractivity contribution < 1.29 is 4.74 Å². The summed E-state index contributed by atoms with van der Waals surface area (Å²) in [6, 6.07) is 0.544. The second-order valence-electron chi connectivity index (χ2n) is 7.77. The molecule has 0 aromatic carbocycles. The first kappa shape index (κ1) is 20.2. The molecule has 0 atom stereocenters. The van der Waals surface area contributed by atoms with Crippen LogP contribution < -0.4 is 10.6 Å². The van der Waals surface area contributed by atoms with Crippen molar-refractivity contribution in [3.05, 3.63) is 0 Å². The van der Waals surface area contributed by atoms with Crippen molar-refractivity contribution in [2.24, 2.45) is 10.4 Å². The van der Waals surface area contributed by atoms with Gasteiger partial charge in [0.05, 0.1) is 0 Å². The highest BCUT2D eigenvalue weighted by Gasteiger charge is 2.19. The van der Waals surface area contributed by atoms with Gasteiger partial charge in [-0.1, -0.05) is 20.8 Å². The molecular weight excluding hydrogens is 288 g/mol. The molecule has 0 aromatic heterocycles. The molecule has 0 amide bonds. The molecule has 0 saturated carbocycles. The van der Waals surface area contributed by atoms with Crippen molar-refractivity contribution in [1.29, 1.82) is 0 Å².